The Labute approximate surface area is 135 Å². The molecule has 3 rings (SSSR count). The number of rotatable bonds is 6. The third-order valence-electron chi connectivity index (χ3n) is 3.72. The Kier molecular flexibility index (Phi) is 4.11. The van der Waals surface area contributed by atoms with Gasteiger partial charge < -0.3 is 9.63 Å². The van der Waals surface area contributed by atoms with Crippen LogP contribution < -0.4 is 0 Å². The van der Waals surface area contributed by atoms with Gasteiger partial charge in [0.25, 0.3) is 0 Å². The van der Waals surface area contributed by atoms with Crippen molar-refractivity contribution in [1.29, 1.82) is 0 Å². The highest BCUT2D eigenvalue weighted by molar-refractivity contribution is 9.09. The molecule has 114 valence electrons. The number of carboxylic acids is 1. The number of alkyl halides is 1. The lowest BCUT2D eigenvalue weighted by Crippen LogP contribution is -2.12. The fourth-order valence-electron chi connectivity index (χ4n) is 2.49. The van der Waals surface area contributed by atoms with Gasteiger partial charge in [0, 0.05) is 16.8 Å². The van der Waals surface area contributed by atoms with Crippen molar-refractivity contribution in [3.8, 4) is 0 Å². The fraction of sp³-hybridized carbons (Fsp3) is 0.312. The Morgan fingerprint density at radius 2 is 2.05 bits per heavy atom. The van der Waals surface area contributed by atoms with E-state index in [4.69, 9.17) is 4.52 Å². The summed E-state index contributed by atoms with van der Waals surface area (Å²) >= 11 is 3.37. The van der Waals surface area contributed by atoms with Gasteiger partial charge in [-0.15, -0.1) is 0 Å². The van der Waals surface area contributed by atoms with Gasteiger partial charge in [-0.05, 0) is 24.8 Å². The van der Waals surface area contributed by atoms with Gasteiger partial charge in [-0.1, -0.05) is 45.4 Å². The van der Waals surface area contributed by atoms with E-state index in [2.05, 4.69) is 21.1 Å². The maximum atomic E-state index is 12.9. The number of carbonyl (C=O) groups is 2. The molecule has 0 aliphatic heterocycles. The molecular weight excluding hydrogens is 350 g/mol. The first-order chi connectivity index (χ1) is 10.6. The largest absolute Gasteiger partial charge is 0.476 e. The molecule has 0 atom stereocenters. The van der Waals surface area contributed by atoms with Gasteiger partial charge in [0.15, 0.2) is 11.5 Å². The summed E-state index contributed by atoms with van der Waals surface area (Å²) in [6.07, 6.45) is 2.49. The van der Waals surface area contributed by atoms with Crippen LogP contribution in [-0.2, 0) is 6.42 Å². The molecule has 1 saturated carbocycles. The first-order valence-corrected chi connectivity index (χ1v) is 8.17. The van der Waals surface area contributed by atoms with Crippen LogP contribution in [0.5, 0.6) is 0 Å². The van der Waals surface area contributed by atoms with E-state index in [1.165, 1.54) is 0 Å². The number of nitrogens with zero attached hydrogens (tertiary/aromatic N) is 1. The lowest BCUT2D eigenvalue weighted by atomic mass is 9.95. The third-order valence-corrected chi connectivity index (χ3v) is 4.12. The molecule has 0 bridgehead atoms. The quantitative estimate of drug-likeness (QED) is 0.628. The van der Waals surface area contributed by atoms with Crippen molar-refractivity contribution in [2.45, 2.75) is 25.2 Å². The maximum Gasteiger partial charge on any atom is 0.358 e. The normalized spacial score (nSPS) is 14.0. The molecule has 1 aliphatic carbocycles. The van der Waals surface area contributed by atoms with Crippen LogP contribution in [0.15, 0.2) is 28.8 Å². The number of carbonyl (C=O) groups excluding carboxylic acids is 1. The molecule has 0 amide bonds. The first kappa shape index (κ1) is 15.0. The average Bonchev–Trinajstić information content (AvgIpc) is 3.25. The molecule has 1 N–H and O–H groups in total. The van der Waals surface area contributed by atoms with Gasteiger partial charge in [0.2, 0.25) is 5.69 Å². The smallest absolute Gasteiger partial charge is 0.358 e. The summed E-state index contributed by atoms with van der Waals surface area (Å²) < 4.78 is 5.16. The molecule has 2 aromatic rings. The summed E-state index contributed by atoms with van der Waals surface area (Å²) in [5.41, 5.74) is 1.20. The number of halogens is 1. The zero-order valence-electron chi connectivity index (χ0n) is 11.7. The summed E-state index contributed by atoms with van der Waals surface area (Å²) in [6.45, 7) is 0. The summed E-state index contributed by atoms with van der Waals surface area (Å²) in [7, 11) is 0. The molecule has 22 heavy (non-hydrogen) atoms. The van der Waals surface area contributed by atoms with Crippen molar-refractivity contribution >= 4 is 27.7 Å². The van der Waals surface area contributed by atoms with Gasteiger partial charge >= 0.3 is 5.97 Å². The van der Waals surface area contributed by atoms with E-state index in [-0.39, 0.29) is 23.0 Å². The number of ketones is 1. The van der Waals surface area contributed by atoms with Crippen molar-refractivity contribution in [3.63, 3.8) is 0 Å². The standard InChI is InChI=1S/C16H14BrNO4/c17-8-7-9-3-1-2-4-11(9)14(19)12-13(16(20)21)18-22-15(12)10-5-6-10/h1-4,10H,5-8H2,(H,20,21). The molecule has 1 heterocycles. The van der Waals surface area contributed by atoms with Crippen LogP contribution >= 0.6 is 15.9 Å². The van der Waals surface area contributed by atoms with Crippen LogP contribution in [0.2, 0.25) is 0 Å². The van der Waals surface area contributed by atoms with Crippen LogP contribution in [0.1, 0.15) is 56.5 Å². The fourth-order valence-corrected chi connectivity index (χ4v) is 2.92. The Hall–Kier alpha value is -1.95. The summed E-state index contributed by atoms with van der Waals surface area (Å²) in [5, 5.41) is 13.6. The Balaban J connectivity index is 2.09. The first-order valence-electron chi connectivity index (χ1n) is 7.05. The molecule has 1 aromatic carbocycles. The van der Waals surface area contributed by atoms with Gasteiger partial charge in [0.1, 0.15) is 5.56 Å². The van der Waals surface area contributed by atoms with E-state index in [1.807, 2.05) is 12.1 Å². The molecule has 0 saturated heterocycles. The summed E-state index contributed by atoms with van der Waals surface area (Å²) in [4.78, 5) is 24.2. The highest BCUT2D eigenvalue weighted by Gasteiger charge is 2.37. The highest BCUT2D eigenvalue weighted by atomic mass is 79.9. The van der Waals surface area contributed by atoms with Crippen LogP contribution in [0.4, 0.5) is 0 Å². The van der Waals surface area contributed by atoms with Crippen molar-refractivity contribution in [1.82, 2.24) is 5.16 Å². The Bertz CT molecular complexity index is 733. The van der Waals surface area contributed by atoms with Crippen molar-refractivity contribution in [3.05, 3.63) is 52.4 Å². The number of aromatic carboxylic acids is 1. The van der Waals surface area contributed by atoms with E-state index < -0.39 is 5.97 Å². The topological polar surface area (TPSA) is 80.4 Å². The van der Waals surface area contributed by atoms with Crippen molar-refractivity contribution in [2.24, 2.45) is 0 Å². The number of aryl methyl sites for hydroxylation is 1. The zero-order valence-corrected chi connectivity index (χ0v) is 13.3. The molecule has 5 nitrogen and oxygen atoms in total. The maximum absolute atomic E-state index is 12.9. The molecule has 6 heteroatoms. The molecule has 0 radical (unpaired) electrons. The number of benzene rings is 1. The van der Waals surface area contributed by atoms with Crippen LogP contribution in [0.25, 0.3) is 0 Å². The highest BCUT2D eigenvalue weighted by Crippen LogP contribution is 2.43. The molecule has 0 spiro atoms. The summed E-state index contributed by atoms with van der Waals surface area (Å²) in [5.74, 6) is -1.03. The van der Waals surface area contributed by atoms with Gasteiger partial charge in [0.05, 0.1) is 0 Å². The minimum Gasteiger partial charge on any atom is -0.476 e. The molecular formula is C16H14BrNO4. The van der Waals surface area contributed by atoms with Crippen LogP contribution in [0, 0.1) is 0 Å². The average molecular weight is 364 g/mol. The van der Waals surface area contributed by atoms with Gasteiger partial charge in [-0.3, -0.25) is 4.79 Å². The van der Waals surface area contributed by atoms with E-state index in [9.17, 15) is 14.7 Å². The SMILES string of the molecule is O=C(O)c1noc(C2CC2)c1C(=O)c1ccccc1CCBr. The van der Waals surface area contributed by atoms with Gasteiger partial charge in [-0.25, -0.2) is 4.79 Å². The summed E-state index contributed by atoms with van der Waals surface area (Å²) in [6, 6.07) is 7.23. The molecule has 1 fully saturated rings. The second-order valence-corrected chi connectivity index (χ2v) is 6.07. The molecule has 1 aliphatic rings. The van der Waals surface area contributed by atoms with E-state index in [0.717, 1.165) is 23.7 Å². The Morgan fingerprint density at radius 1 is 1.32 bits per heavy atom. The predicted molar refractivity (Wildman–Crippen MR) is 82.8 cm³/mol. The van der Waals surface area contributed by atoms with E-state index >= 15 is 0 Å². The van der Waals surface area contributed by atoms with E-state index in [1.54, 1.807) is 12.1 Å². The number of aromatic nitrogens is 1. The lowest BCUT2D eigenvalue weighted by Gasteiger charge is -2.07. The minimum atomic E-state index is -1.24. The number of hydrogen-bond acceptors (Lipinski definition) is 4. The minimum absolute atomic E-state index is 0.108. The molecule has 1 aromatic heterocycles. The van der Waals surface area contributed by atoms with Crippen LogP contribution in [-0.4, -0.2) is 27.3 Å². The monoisotopic (exact) mass is 363 g/mol. The van der Waals surface area contributed by atoms with Crippen LogP contribution in [0.3, 0.4) is 0 Å². The van der Waals surface area contributed by atoms with Crippen molar-refractivity contribution in [2.75, 3.05) is 5.33 Å². The van der Waals surface area contributed by atoms with Crippen molar-refractivity contribution < 1.29 is 19.2 Å². The lowest BCUT2D eigenvalue weighted by molar-refractivity contribution is 0.0682. The van der Waals surface area contributed by atoms with E-state index in [0.29, 0.717) is 17.7 Å². The van der Waals surface area contributed by atoms with Gasteiger partial charge in [-0.2, -0.15) is 0 Å². The molecule has 0 unspecified atom stereocenters. The zero-order chi connectivity index (χ0) is 15.7. The number of carboxylic acid groups (broad SMARTS) is 1. The predicted octanol–water partition coefficient (Wildman–Crippen LogP) is 3.42. The number of hydrogen-bond donors (Lipinski definition) is 1. The Morgan fingerprint density at radius 3 is 2.68 bits per heavy atom. The third kappa shape index (κ3) is 2.70. The second kappa shape index (κ2) is 6.04. The second-order valence-electron chi connectivity index (χ2n) is 5.28.